The topological polar surface area (TPSA) is 84.3 Å². The van der Waals surface area contributed by atoms with Crippen LogP contribution in [0.5, 0.6) is 10.8 Å². The van der Waals surface area contributed by atoms with Crippen LogP contribution in [0, 0.1) is 6.92 Å². The van der Waals surface area contributed by atoms with E-state index in [-0.39, 0.29) is 0 Å². The molecular weight excluding hydrogens is 422 g/mol. The van der Waals surface area contributed by atoms with E-state index in [9.17, 15) is 9.90 Å². The van der Waals surface area contributed by atoms with Crippen molar-refractivity contribution in [2.75, 3.05) is 5.32 Å². The number of thiazole rings is 1. The first-order valence-electron chi connectivity index (χ1n) is 10.1. The third kappa shape index (κ3) is 4.63. The number of aryl methyl sites for hydroxylation is 1. The highest BCUT2D eigenvalue weighted by Gasteiger charge is 2.29. The number of nitrogens with one attached hydrogen (secondary N) is 1. The summed E-state index contributed by atoms with van der Waals surface area (Å²) in [6.07, 6.45) is 1.67. The average Bonchev–Trinajstić information content (AvgIpc) is 3.14. The van der Waals surface area contributed by atoms with Gasteiger partial charge in [-0.15, -0.1) is 0 Å². The highest BCUT2D eigenvalue weighted by molar-refractivity contribution is 7.13. The molecule has 2 aromatic carbocycles. The van der Waals surface area contributed by atoms with Gasteiger partial charge in [-0.2, -0.15) is 0 Å². The van der Waals surface area contributed by atoms with Gasteiger partial charge in [0.05, 0.1) is 10.4 Å². The summed E-state index contributed by atoms with van der Waals surface area (Å²) in [7, 11) is 0. The van der Waals surface area contributed by atoms with Crippen LogP contribution >= 0.6 is 11.3 Å². The third-order valence-corrected chi connectivity index (χ3v) is 5.93. The number of hydrogen-bond acceptors (Lipinski definition) is 6. The molecule has 2 aromatic heterocycles. The maximum atomic E-state index is 11.6. The fourth-order valence-corrected chi connectivity index (χ4v) is 3.97. The molecule has 0 amide bonds. The fourth-order valence-electron chi connectivity index (χ4n) is 3.16. The second kappa shape index (κ2) is 8.80. The zero-order chi connectivity index (χ0) is 22.7. The normalized spacial score (nSPS) is 11.2. The van der Waals surface area contributed by atoms with Crippen molar-refractivity contribution in [3.8, 4) is 22.1 Å². The molecule has 0 saturated heterocycles. The Morgan fingerprint density at radius 1 is 1.06 bits per heavy atom. The number of nitrogens with zero attached hydrogens (tertiary/aromatic N) is 2. The lowest BCUT2D eigenvalue weighted by Gasteiger charge is -2.20. The van der Waals surface area contributed by atoms with Crippen molar-refractivity contribution in [1.82, 2.24) is 9.97 Å². The molecule has 0 bridgehead atoms. The average molecular weight is 446 g/mol. The van der Waals surface area contributed by atoms with Gasteiger partial charge in [-0.05, 0) is 44.5 Å². The molecule has 6 nitrogen and oxygen atoms in total. The second-order valence-corrected chi connectivity index (χ2v) is 9.02. The molecule has 4 aromatic rings. The minimum atomic E-state index is -0.992. The standard InChI is InChI=1S/C25H23N3O3S/c1-16-27-22(17-8-5-4-6-9-17)23(32-16)31-20-12-13-26-21(15-20)28-19-11-7-10-18(14-19)25(2,3)24(29)30/h4-15H,1-3H3,(H,26,28)(H,29,30). The van der Waals surface area contributed by atoms with Crippen LogP contribution in [0.1, 0.15) is 24.4 Å². The van der Waals surface area contributed by atoms with Crippen molar-refractivity contribution in [3.63, 3.8) is 0 Å². The lowest BCUT2D eigenvalue weighted by Crippen LogP contribution is -2.28. The number of pyridine rings is 1. The van der Waals surface area contributed by atoms with Crippen LogP contribution in [0.25, 0.3) is 11.3 Å². The highest BCUT2D eigenvalue weighted by Crippen LogP contribution is 2.38. The number of anilines is 2. The lowest BCUT2D eigenvalue weighted by molar-refractivity contribution is -0.142. The largest absolute Gasteiger partial charge is 0.481 e. The van der Waals surface area contributed by atoms with Crippen molar-refractivity contribution in [1.29, 1.82) is 0 Å². The van der Waals surface area contributed by atoms with Crippen LogP contribution in [0.4, 0.5) is 11.5 Å². The molecule has 0 aliphatic heterocycles. The number of carboxylic acid groups (broad SMARTS) is 1. The number of hydrogen-bond donors (Lipinski definition) is 2. The summed E-state index contributed by atoms with van der Waals surface area (Å²) in [5.41, 5.74) is 2.27. The highest BCUT2D eigenvalue weighted by atomic mass is 32.1. The smallest absolute Gasteiger partial charge is 0.313 e. The molecule has 0 spiro atoms. The van der Waals surface area contributed by atoms with Crippen LogP contribution in [0.15, 0.2) is 72.9 Å². The maximum absolute atomic E-state index is 11.6. The van der Waals surface area contributed by atoms with Gasteiger partial charge in [-0.3, -0.25) is 4.79 Å². The quantitative estimate of drug-likeness (QED) is 0.342. The van der Waals surface area contributed by atoms with Crippen LogP contribution in [-0.4, -0.2) is 21.0 Å². The Labute approximate surface area is 190 Å². The number of benzene rings is 2. The molecule has 0 aliphatic rings. The zero-order valence-electron chi connectivity index (χ0n) is 18.0. The predicted molar refractivity (Wildman–Crippen MR) is 127 cm³/mol. The van der Waals surface area contributed by atoms with Gasteiger partial charge in [0.15, 0.2) is 0 Å². The molecule has 32 heavy (non-hydrogen) atoms. The Hall–Kier alpha value is -3.71. The first-order chi connectivity index (χ1) is 15.3. The molecule has 0 unspecified atom stereocenters. The van der Waals surface area contributed by atoms with Gasteiger partial charge in [0.1, 0.15) is 17.3 Å². The van der Waals surface area contributed by atoms with Crippen LogP contribution in [0.3, 0.4) is 0 Å². The molecule has 4 rings (SSSR count). The van der Waals surface area contributed by atoms with Crippen molar-refractivity contribution in [2.45, 2.75) is 26.2 Å². The monoisotopic (exact) mass is 445 g/mol. The Kier molecular flexibility index (Phi) is 5.92. The van der Waals surface area contributed by atoms with Crippen molar-refractivity contribution >= 4 is 28.8 Å². The van der Waals surface area contributed by atoms with E-state index < -0.39 is 11.4 Å². The van der Waals surface area contributed by atoms with Crippen molar-refractivity contribution < 1.29 is 14.6 Å². The van der Waals surface area contributed by atoms with Gasteiger partial charge in [-0.1, -0.05) is 53.8 Å². The zero-order valence-corrected chi connectivity index (χ0v) is 18.8. The van der Waals surface area contributed by atoms with Crippen molar-refractivity contribution in [2.24, 2.45) is 0 Å². The number of carbonyl (C=O) groups is 1. The molecule has 0 atom stereocenters. The van der Waals surface area contributed by atoms with Gasteiger partial charge < -0.3 is 15.2 Å². The Bertz CT molecular complexity index is 1250. The first kappa shape index (κ1) is 21.5. The summed E-state index contributed by atoms with van der Waals surface area (Å²) < 4.78 is 6.17. The molecule has 0 saturated carbocycles. The second-order valence-electron chi connectivity index (χ2n) is 7.85. The van der Waals surface area contributed by atoms with E-state index in [1.54, 1.807) is 32.2 Å². The summed E-state index contributed by atoms with van der Waals surface area (Å²) in [5.74, 6) is 0.345. The number of ether oxygens (including phenoxy) is 1. The maximum Gasteiger partial charge on any atom is 0.313 e. The van der Waals surface area contributed by atoms with E-state index in [1.165, 1.54) is 11.3 Å². The lowest BCUT2D eigenvalue weighted by atomic mass is 9.84. The van der Waals surface area contributed by atoms with E-state index in [0.717, 1.165) is 27.0 Å². The Balaban J connectivity index is 1.57. The molecule has 0 aliphatic carbocycles. The SMILES string of the molecule is Cc1nc(-c2ccccc2)c(Oc2ccnc(Nc3cccc(C(C)(C)C(=O)O)c3)c2)s1. The number of aromatic nitrogens is 2. The third-order valence-electron chi connectivity index (χ3n) is 5.08. The Morgan fingerprint density at radius 2 is 1.84 bits per heavy atom. The summed E-state index contributed by atoms with van der Waals surface area (Å²) in [5, 5.41) is 14.4. The molecular formula is C25H23N3O3S. The Morgan fingerprint density at radius 3 is 2.59 bits per heavy atom. The summed E-state index contributed by atoms with van der Waals surface area (Å²) in [6, 6.07) is 20.9. The van der Waals surface area contributed by atoms with Crippen molar-refractivity contribution in [3.05, 3.63) is 83.5 Å². The van der Waals surface area contributed by atoms with E-state index in [4.69, 9.17) is 4.74 Å². The molecule has 0 fully saturated rings. The first-order valence-corrected chi connectivity index (χ1v) is 10.9. The predicted octanol–water partition coefficient (Wildman–Crippen LogP) is 6.41. The van der Waals surface area contributed by atoms with E-state index in [2.05, 4.69) is 15.3 Å². The van der Waals surface area contributed by atoms with Gasteiger partial charge in [0.2, 0.25) is 5.06 Å². The summed E-state index contributed by atoms with van der Waals surface area (Å²) in [4.78, 5) is 20.6. The molecule has 0 radical (unpaired) electrons. The molecule has 162 valence electrons. The number of rotatable bonds is 7. The van der Waals surface area contributed by atoms with E-state index in [1.807, 2.05) is 61.5 Å². The van der Waals surface area contributed by atoms with Gasteiger partial charge in [-0.25, -0.2) is 9.97 Å². The minimum Gasteiger partial charge on any atom is -0.481 e. The molecule has 7 heteroatoms. The summed E-state index contributed by atoms with van der Waals surface area (Å²) in [6.45, 7) is 5.32. The van der Waals surface area contributed by atoms with Crippen LogP contribution < -0.4 is 10.1 Å². The van der Waals surface area contributed by atoms with E-state index >= 15 is 0 Å². The minimum absolute atomic E-state index is 0.593. The number of aliphatic carboxylic acids is 1. The van der Waals surface area contributed by atoms with Crippen LogP contribution in [0.2, 0.25) is 0 Å². The van der Waals surface area contributed by atoms with Gasteiger partial charge in [0.25, 0.3) is 0 Å². The number of carboxylic acids is 1. The molecule has 2 heterocycles. The van der Waals surface area contributed by atoms with Crippen LogP contribution in [-0.2, 0) is 10.2 Å². The van der Waals surface area contributed by atoms with E-state index in [0.29, 0.717) is 17.1 Å². The summed E-state index contributed by atoms with van der Waals surface area (Å²) >= 11 is 1.49. The van der Waals surface area contributed by atoms with Gasteiger partial charge >= 0.3 is 5.97 Å². The molecule has 2 N–H and O–H groups in total. The fraction of sp³-hybridized carbons (Fsp3) is 0.160. The van der Waals surface area contributed by atoms with Gasteiger partial charge in [0, 0.05) is 23.5 Å².